The van der Waals surface area contributed by atoms with Crippen LogP contribution in [0, 0.1) is 5.92 Å². The molecule has 1 rings (SSSR count). The predicted octanol–water partition coefficient (Wildman–Crippen LogP) is 1.56. The van der Waals surface area contributed by atoms with Crippen LogP contribution in [-0.4, -0.2) is 37.3 Å². The fourth-order valence-corrected chi connectivity index (χ4v) is 1.69. The Kier molecular flexibility index (Phi) is 6.78. The number of rotatable bonds is 8. The molecule has 0 aliphatic rings. The molecule has 1 aromatic heterocycles. The molecule has 102 valence electrons. The summed E-state index contributed by atoms with van der Waals surface area (Å²) >= 11 is 0. The summed E-state index contributed by atoms with van der Waals surface area (Å²) in [5.74, 6) is 1.11. The van der Waals surface area contributed by atoms with E-state index in [2.05, 4.69) is 29.1 Å². The zero-order chi connectivity index (χ0) is 13.4. The quantitative estimate of drug-likeness (QED) is 0.712. The molecule has 5 heteroatoms. The van der Waals surface area contributed by atoms with Gasteiger partial charge in [0.25, 0.3) is 0 Å². The molecule has 0 spiro atoms. The van der Waals surface area contributed by atoms with Crippen LogP contribution in [0.15, 0.2) is 12.4 Å². The lowest BCUT2D eigenvalue weighted by Crippen LogP contribution is -2.19. The lowest BCUT2D eigenvalue weighted by Gasteiger charge is -2.17. The molecule has 1 unspecified atom stereocenters. The summed E-state index contributed by atoms with van der Waals surface area (Å²) < 4.78 is 10.4. The second-order valence-electron chi connectivity index (χ2n) is 4.52. The van der Waals surface area contributed by atoms with E-state index >= 15 is 0 Å². The topological polar surface area (TPSA) is 56.3 Å². The second kappa shape index (κ2) is 8.13. The number of methoxy groups -OCH3 is 2. The van der Waals surface area contributed by atoms with Crippen molar-refractivity contribution in [3.05, 3.63) is 23.8 Å². The maximum absolute atomic E-state index is 5.39. The minimum absolute atomic E-state index is 0.0412. The van der Waals surface area contributed by atoms with Gasteiger partial charge in [0.1, 0.15) is 6.10 Å². The maximum atomic E-state index is 5.39. The molecular weight excluding hydrogens is 230 g/mol. The van der Waals surface area contributed by atoms with Crippen LogP contribution in [0.3, 0.4) is 0 Å². The van der Waals surface area contributed by atoms with E-state index < -0.39 is 0 Å². The number of nitrogens with one attached hydrogen (secondary N) is 1. The summed E-state index contributed by atoms with van der Waals surface area (Å²) in [6.07, 6.45) is 3.65. The van der Waals surface area contributed by atoms with Crippen LogP contribution in [0.2, 0.25) is 0 Å². The second-order valence-corrected chi connectivity index (χ2v) is 4.52. The third-order valence-corrected chi connectivity index (χ3v) is 2.65. The fraction of sp³-hybridized carbons (Fsp3) is 0.692. The Labute approximate surface area is 109 Å². The molecule has 0 aliphatic heterocycles. The number of hydrogen-bond donors (Lipinski definition) is 1. The van der Waals surface area contributed by atoms with Gasteiger partial charge in [-0.2, -0.15) is 0 Å². The lowest BCUT2D eigenvalue weighted by atomic mass is 10.1. The van der Waals surface area contributed by atoms with Gasteiger partial charge in [-0.1, -0.05) is 13.8 Å². The number of nitrogens with zero attached hydrogens (tertiary/aromatic N) is 2. The van der Waals surface area contributed by atoms with Gasteiger partial charge in [0, 0.05) is 45.3 Å². The molecule has 0 saturated carbocycles. The van der Waals surface area contributed by atoms with Gasteiger partial charge in [-0.15, -0.1) is 0 Å². The number of hydrogen-bond acceptors (Lipinski definition) is 5. The molecule has 5 nitrogen and oxygen atoms in total. The molecule has 0 fully saturated rings. The summed E-state index contributed by atoms with van der Waals surface area (Å²) in [7, 11) is 3.38. The van der Waals surface area contributed by atoms with E-state index in [1.165, 1.54) is 0 Å². The first-order chi connectivity index (χ1) is 8.69. The largest absolute Gasteiger partial charge is 0.383 e. The fourth-order valence-electron chi connectivity index (χ4n) is 1.69. The Hall–Kier alpha value is -1.04. The van der Waals surface area contributed by atoms with Crippen molar-refractivity contribution in [2.24, 2.45) is 5.92 Å². The highest BCUT2D eigenvalue weighted by atomic mass is 16.5. The van der Waals surface area contributed by atoms with Crippen LogP contribution >= 0.6 is 0 Å². The van der Waals surface area contributed by atoms with Crippen molar-refractivity contribution in [3.63, 3.8) is 0 Å². The smallest absolute Gasteiger partial charge is 0.157 e. The van der Waals surface area contributed by atoms with Crippen molar-refractivity contribution in [1.29, 1.82) is 0 Å². The minimum Gasteiger partial charge on any atom is -0.383 e. The molecule has 1 N–H and O–H groups in total. The Morgan fingerprint density at radius 2 is 1.89 bits per heavy atom. The van der Waals surface area contributed by atoms with E-state index in [0.717, 1.165) is 24.5 Å². The summed E-state index contributed by atoms with van der Waals surface area (Å²) in [6, 6.07) is 0. The molecule has 0 radical (unpaired) electrons. The van der Waals surface area contributed by atoms with Crippen LogP contribution < -0.4 is 5.32 Å². The third-order valence-electron chi connectivity index (χ3n) is 2.65. The van der Waals surface area contributed by atoms with Crippen molar-refractivity contribution in [2.45, 2.75) is 26.5 Å². The molecule has 0 aliphatic carbocycles. The number of ether oxygens (including phenoxy) is 2. The third kappa shape index (κ3) is 4.68. The Balaban J connectivity index is 2.51. The van der Waals surface area contributed by atoms with E-state index in [4.69, 9.17) is 9.47 Å². The summed E-state index contributed by atoms with van der Waals surface area (Å²) in [5.41, 5.74) is 1.06. The lowest BCUT2D eigenvalue weighted by molar-refractivity contribution is 0.0574. The highest BCUT2D eigenvalue weighted by molar-refractivity contribution is 5.06. The molecule has 0 aromatic carbocycles. The molecular formula is C13H23N3O2. The zero-order valence-corrected chi connectivity index (χ0v) is 11.6. The SMILES string of the molecule is COCCNCc1cnc(C(OC)C(C)C)nc1. The van der Waals surface area contributed by atoms with Crippen LogP contribution in [0.1, 0.15) is 31.3 Å². The number of aromatic nitrogens is 2. The standard InChI is InChI=1S/C13H23N3O2/c1-10(2)12(18-4)13-15-8-11(9-16-13)7-14-5-6-17-3/h8-10,12,14H,5-7H2,1-4H3. The Bertz CT molecular complexity index is 328. The maximum Gasteiger partial charge on any atom is 0.157 e. The summed E-state index contributed by atoms with van der Waals surface area (Å²) in [4.78, 5) is 8.73. The van der Waals surface area contributed by atoms with Crippen LogP contribution in [0.5, 0.6) is 0 Å². The molecule has 1 aromatic rings. The molecule has 1 atom stereocenters. The first kappa shape index (κ1) is 15.0. The first-order valence-electron chi connectivity index (χ1n) is 6.22. The normalized spacial score (nSPS) is 12.9. The van der Waals surface area contributed by atoms with Crippen molar-refractivity contribution < 1.29 is 9.47 Å². The highest BCUT2D eigenvalue weighted by Crippen LogP contribution is 2.21. The van der Waals surface area contributed by atoms with Gasteiger partial charge >= 0.3 is 0 Å². The van der Waals surface area contributed by atoms with Crippen molar-refractivity contribution in [2.75, 3.05) is 27.4 Å². The molecule has 0 amide bonds. The van der Waals surface area contributed by atoms with Gasteiger partial charge in [-0.25, -0.2) is 9.97 Å². The van der Waals surface area contributed by atoms with Crippen molar-refractivity contribution >= 4 is 0 Å². The van der Waals surface area contributed by atoms with Crippen molar-refractivity contribution in [3.8, 4) is 0 Å². The molecule has 0 saturated heterocycles. The van der Waals surface area contributed by atoms with Gasteiger partial charge in [0.15, 0.2) is 5.82 Å². The van der Waals surface area contributed by atoms with Crippen LogP contribution in [-0.2, 0) is 16.0 Å². The zero-order valence-electron chi connectivity index (χ0n) is 11.6. The Morgan fingerprint density at radius 3 is 2.39 bits per heavy atom. The van der Waals surface area contributed by atoms with Crippen LogP contribution in [0.4, 0.5) is 0 Å². The monoisotopic (exact) mass is 253 g/mol. The van der Waals surface area contributed by atoms with E-state index in [-0.39, 0.29) is 6.10 Å². The van der Waals surface area contributed by atoms with E-state index in [1.807, 2.05) is 12.4 Å². The van der Waals surface area contributed by atoms with E-state index in [9.17, 15) is 0 Å². The van der Waals surface area contributed by atoms with Gasteiger partial charge in [-0.3, -0.25) is 0 Å². The van der Waals surface area contributed by atoms with Gasteiger partial charge < -0.3 is 14.8 Å². The average molecular weight is 253 g/mol. The summed E-state index contributed by atoms with van der Waals surface area (Å²) in [5, 5.41) is 3.25. The van der Waals surface area contributed by atoms with E-state index in [1.54, 1.807) is 14.2 Å². The predicted molar refractivity (Wildman–Crippen MR) is 70.2 cm³/mol. The molecule has 0 bridgehead atoms. The van der Waals surface area contributed by atoms with E-state index in [0.29, 0.717) is 12.5 Å². The van der Waals surface area contributed by atoms with Gasteiger partial charge in [0.05, 0.1) is 6.61 Å². The first-order valence-corrected chi connectivity index (χ1v) is 6.22. The Morgan fingerprint density at radius 1 is 1.22 bits per heavy atom. The average Bonchev–Trinajstić information content (AvgIpc) is 2.37. The molecule has 1 heterocycles. The molecule has 18 heavy (non-hydrogen) atoms. The van der Waals surface area contributed by atoms with Gasteiger partial charge in [-0.05, 0) is 5.92 Å². The highest BCUT2D eigenvalue weighted by Gasteiger charge is 2.17. The van der Waals surface area contributed by atoms with Gasteiger partial charge in [0.2, 0.25) is 0 Å². The minimum atomic E-state index is -0.0412. The summed E-state index contributed by atoms with van der Waals surface area (Å²) in [6.45, 7) is 6.47. The van der Waals surface area contributed by atoms with Crippen molar-refractivity contribution in [1.82, 2.24) is 15.3 Å². The van der Waals surface area contributed by atoms with Crippen LogP contribution in [0.25, 0.3) is 0 Å².